The number of thioether (sulfide) groups is 1. The van der Waals surface area contributed by atoms with Gasteiger partial charge in [0.1, 0.15) is 0 Å². The lowest BCUT2D eigenvalue weighted by atomic mass is 10.3. The molecule has 0 aliphatic heterocycles. The van der Waals surface area contributed by atoms with Gasteiger partial charge in [0.2, 0.25) is 0 Å². The van der Waals surface area contributed by atoms with Crippen molar-refractivity contribution < 1.29 is 4.74 Å². The number of ether oxygens (including phenoxy) is 1. The third kappa shape index (κ3) is 5.31. The van der Waals surface area contributed by atoms with E-state index in [1.165, 1.54) is 0 Å². The minimum atomic E-state index is 0.402. The summed E-state index contributed by atoms with van der Waals surface area (Å²) in [5.74, 6) is 3.93. The van der Waals surface area contributed by atoms with E-state index in [0.29, 0.717) is 6.04 Å². The summed E-state index contributed by atoms with van der Waals surface area (Å²) in [6.45, 7) is 7.18. The molecule has 4 heteroatoms. The number of nitrogens with zero attached hydrogens (tertiary/aromatic N) is 1. The smallest absolute Gasteiger partial charge is 0.168 e. The summed E-state index contributed by atoms with van der Waals surface area (Å²) < 4.78 is 5.66. The maximum absolute atomic E-state index is 5.66. The van der Waals surface area contributed by atoms with Crippen LogP contribution in [0, 0.1) is 0 Å². The van der Waals surface area contributed by atoms with Gasteiger partial charge in [0.05, 0.1) is 6.61 Å². The summed E-state index contributed by atoms with van der Waals surface area (Å²) in [7, 11) is 0. The molecule has 3 nitrogen and oxygen atoms in total. The van der Waals surface area contributed by atoms with Crippen LogP contribution in [-0.4, -0.2) is 29.1 Å². The number of nitrogens with one attached hydrogen (secondary N) is 1. The molecule has 96 valence electrons. The first-order valence-electron chi connectivity index (χ1n) is 6.20. The van der Waals surface area contributed by atoms with Gasteiger partial charge in [-0.05, 0) is 31.2 Å². The molecule has 1 unspecified atom stereocenters. The highest BCUT2D eigenvalue weighted by Gasteiger charge is 2.07. The van der Waals surface area contributed by atoms with Gasteiger partial charge in [0.15, 0.2) is 11.6 Å². The van der Waals surface area contributed by atoms with E-state index < -0.39 is 0 Å². The summed E-state index contributed by atoms with van der Waals surface area (Å²) in [6, 6.07) is 4.27. The van der Waals surface area contributed by atoms with Gasteiger partial charge >= 0.3 is 0 Å². The van der Waals surface area contributed by atoms with Gasteiger partial charge in [-0.15, -0.1) is 0 Å². The molecule has 1 rings (SSSR count). The molecule has 0 aliphatic rings. The lowest BCUT2D eigenvalue weighted by Crippen LogP contribution is -2.19. The average molecular weight is 254 g/mol. The van der Waals surface area contributed by atoms with Gasteiger partial charge in [0.25, 0.3) is 0 Å². The number of hydrogen-bond donors (Lipinski definition) is 1. The van der Waals surface area contributed by atoms with Crippen molar-refractivity contribution in [1.29, 1.82) is 0 Å². The fourth-order valence-electron chi connectivity index (χ4n) is 1.40. The predicted molar refractivity (Wildman–Crippen MR) is 76.1 cm³/mol. The van der Waals surface area contributed by atoms with E-state index in [1.54, 1.807) is 6.20 Å². The van der Waals surface area contributed by atoms with Crippen molar-refractivity contribution in [2.75, 3.05) is 23.4 Å². The number of anilines is 1. The molecule has 0 aliphatic carbocycles. The van der Waals surface area contributed by atoms with Crippen molar-refractivity contribution >= 4 is 17.6 Å². The van der Waals surface area contributed by atoms with Crippen molar-refractivity contribution in [2.24, 2.45) is 0 Å². The molecule has 0 radical (unpaired) electrons. The maximum atomic E-state index is 5.66. The van der Waals surface area contributed by atoms with Crippen LogP contribution < -0.4 is 10.1 Å². The Hall–Kier alpha value is -0.900. The van der Waals surface area contributed by atoms with Crippen molar-refractivity contribution in [1.82, 2.24) is 4.98 Å². The highest BCUT2D eigenvalue weighted by molar-refractivity contribution is 7.99. The van der Waals surface area contributed by atoms with Gasteiger partial charge in [-0.25, -0.2) is 4.98 Å². The van der Waals surface area contributed by atoms with E-state index in [9.17, 15) is 0 Å². The van der Waals surface area contributed by atoms with Crippen LogP contribution in [-0.2, 0) is 0 Å². The second-order valence-electron chi connectivity index (χ2n) is 3.90. The van der Waals surface area contributed by atoms with E-state index in [0.717, 1.165) is 36.1 Å². The van der Waals surface area contributed by atoms with Gasteiger partial charge in [-0.2, -0.15) is 11.8 Å². The van der Waals surface area contributed by atoms with Gasteiger partial charge in [0, 0.05) is 18.0 Å². The monoisotopic (exact) mass is 254 g/mol. The molecule has 0 saturated heterocycles. The molecular formula is C13H22N2OS. The minimum absolute atomic E-state index is 0.402. The summed E-state index contributed by atoms with van der Waals surface area (Å²) in [5.41, 5.74) is 0. The Bertz CT molecular complexity index is 320. The molecule has 1 atom stereocenters. The fourth-order valence-corrected chi connectivity index (χ4v) is 2.07. The molecule has 0 amide bonds. The van der Waals surface area contributed by atoms with Gasteiger partial charge in [-0.1, -0.05) is 13.8 Å². The predicted octanol–water partition coefficient (Wildman–Crippen LogP) is 3.42. The van der Waals surface area contributed by atoms with E-state index in [-0.39, 0.29) is 0 Å². The first-order chi connectivity index (χ1) is 8.27. The highest BCUT2D eigenvalue weighted by atomic mass is 32.2. The van der Waals surface area contributed by atoms with Crippen LogP contribution in [0.1, 0.15) is 27.2 Å². The molecule has 1 heterocycles. The lowest BCUT2D eigenvalue weighted by molar-refractivity contribution is 0.317. The Morgan fingerprint density at radius 2 is 2.29 bits per heavy atom. The van der Waals surface area contributed by atoms with Crippen LogP contribution in [0.2, 0.25) is 0 Å². The van der Waals surface area contributed by atoms with Crippen molar-refractivity contribution in [3.8, 4) is 5.75 Å². The number of pyridine rings is 1. The molecule has 1 N–H and O–H groups in total. The van der Waals surface area contributed by atoms with Crippen LogP contribution in [0.15, 0.2) is 18.3 Å². The third-order valence-electron chi connectivity index (χ3n) is 2.19. The van der Waals surface area contributed by atoms with Crippen molar-refractivity contribution in [3.05, 3.63) is 18.3 Å². The van der Waals surface area contributed by atoms with Gasteiger partial charge in [-0.3, -0.25) is 0 Å². The Kier molecular flexibility index (Phi) is 6.86. The van der Waals surface area contributed by atoms with Crippen LogP contribution in [0.3, 0.4) is 0 Å². The molecule has 17 heavy (non-hydrogen) atoms. The largest absolute Gasteiger partial charge is 0.490 e. The van der Waals surface area contributed by atoms with Crippen molar-refractivity contribution in [2.45, 2.75) is 33.2 Å². The molecule has 0 bridgehead atoms. The summed E-state index contributed by atoms with van der Waals surface area (Å²) in [5, 5.41) is 3.40. The fraction of sp³-hybridized carbons (Fsp3) is 0.615. The number of rotatable bonds is 8. The van der Waals surface area contributed by atoms with E-state index in [2.05, 4.69) is 31.1 Å². The molecule has 0 spiro atoms. The minimum Gasteiger partial charge on any atom is -0.490 e. The van der Waals surface area contributed by atoms with E-state index in [1.807, 2.05) is 23.9 Å². The number of aromatic nitrogens is 1. The molecule has 1 aromatic rings. The lowest BCUT2D eigenvalue weighted by Gasteiger charge is -2.16. The zero-order valence-electron chi connectivity index (χ0n) is 10.9. The SMILES string of the molecule is CCCOc1cccnc1NC(C)CSCC. The quantitative estimate of drug-likeness (QED) is 0.771. The Labute approximate surface area is 108 Å². The molecule has 0 aromatic carbocycles. The van der Waals surface area contributed by atoms with Gasteiger partial charge < -0.3 is 10.1 Å². The standard InChI is InChI=1S/C13H22N2OS/c1-4-9-16-12-7-6-8-14-13(12)15-11(3)10-17-5-2/h6-8,11H,4-5,9-10H2,1-3H3,(H,14,15). The second kappa shape index (κ2) is 8.23. The van der Waals surface area contributed by atoms with Crippen LogP contribution in [0.4, 0.5) is 5.82 Å². The Morgan fingerprint density at radius 3 is 3.00 bits per heavy atom. The molecule has 0 fully saturated rings. The van der Waals surface area contributed by atoms with Crippen LogP contribution in [0.5, 0.6) is 5.75 Å². The normalized spacial score (nSPS) is 12.2. The van der Waals surface area contributed by atoms with Crippen LogP contribution >= 0.6 is 11.8 Å². The first kappa shape index (κ1) is 14.2. The van der Waals surface area contributed by atoms with Crippen molar-refractivity contribution in [3.63, 3.8) is 0 Å². The Morgan fingerprint density at radius 1 is 1.47 bits per heavy atom. The Balaban J connectivity index is 2.56. The first-order valence-corrected chi connectivity index (χ1v) is 7.35. The summed E-state index contributed by atoms with van der Waals surface area (Å²) in [4.78, 5) is 4.33. The summed E-state index contributed by atoms with van der Waals surface area (Å²) >= 11 is 1.93. The zero-order valence-corrected chi connectivity index (χ0v) is 11.7. The number of hydrogen-bond acceptors (Lipinski definition) is 4. The average Bonchev–Trinajstić information content (AvgIpc) is 2.35. The van der Waals surface area contributed by atoms with E-state index >= 15 is 0 Å². The second-order valence-corrected chi connectivity index (χ2v) is 5.22. The molecule has 1 aromatic heterocycles. The highest BCUT2D eigenvalue weighted by Crippen LogP contribution is 2.22. The molecule has 0 saturated carbocycles. The maximum Gasteiger partial charge on any atom is 0.168 e. The third-order valence-corrected chi connectivity index (χ3v) is 3.33. The zero-order chi connectivity index (χ0) is 12.5. The summed E-state index contributed by atoms with van der Waals surface area (Å²) in [6.07, 6.45) is 2.80. The van der Waals surface area contributed by atoms with Crippen LogP contribution in [0.25, 0.3) is 0 Å². The topological polar surface area (TPSA) is 34.1 Å². The van der Waals surface area contributed by atoms with E-state index in [4.69, 9.17) is 4.74 Å². The molecular weight excluding hydrogens is 232 g/mol.